The monoisotopic (exact) mass is 257 g/mol. The summed E-state index contributed by atoms with van der Waals surface area (Å²) >= 11 is 0. The van der Waals surface area contributed by atoms with E-state index in [9.17, 15) is 9.59 Å². The summed E-state index contributed by atoms with van der Waals surface area (Å²) in [6, 6.07) is 0.0105. The molecule has 0 radical (unpaired) electrons. The Labute approximate surface area is 108 Å². The van der Waals surface area contributed by atoms with Gasteiger partial charge in [-0.2, -0.15) is 0 Å². The molecule has 0 saturated heterocycles. The fraction of sp³-hybridized carbons (Fsp3) is 0.833. The molecule has 6 heteroatoms. The summed E-state index contributed by atoms with van der Waals surface area (Å²) in [7, 11) is 0. The molecule has 1 aliphatic rings. The van der Waals surface area contributed by atoms with E-state index in [0.717, 1.165) is 12.8 Å². The smallest absolute Gasteiger partial charge is 0.407 e. The summed E-state index contributed by atoms with van der Waals surface area (Å²) < 4.78 is 4.98. The van der Waals surface area contributed by atoms with Crippen LogP contribution in [0.1, 0.15) is 39.0 Å². The Kier molecular flexibility index (Phi) is 6.98. The number of alkyl carbamates (subject to hydrolysis) is 1. The zero-order valence-electron chi connectivity index (χ0n) is 11.0. The molecule has 6 nitrogen and oxygen atoms in total. The third-order valence-corrected chi connectivity index (χ3v) is 2.89. The maximum absolute atomic E-state index is 11.4. The van der Waals surface area contributed by atoms with E-state index in [-0.39, 0.29) is 24.8 Å². The van der Waals surface area contributed by atoms with Crippen molar-refractivity contribution in [3.05, 3.63) is 0 Å². The lowest BCUT2D eigenvalue weighted by Gasteiger charge is -2.22. The van der Waals surface area contributed by atoms with Crippen molar-refractivity contribution >= 4 is 12.1 Å². The van der Waals surface area contributed by atoms with Gasteiger partial charge in [0.2, 0.25) is 0 Å². The van der Waals surface area contributed by atoms with Crippen LogP contribution in [0.3, 0.4) is 0 Å². The van der Waals surface area contributed by atoms with Crippen molar-refractivity contribution in [2.24, 2.45) is 0 Å². The van der Waals surface area contributed by atoms with Crippen molar-refractivity contribution < 1.29 is 14.3 Å². The Morgan fingerprint density at radius 3 is 2.56 bits per heavy atom. The predicted molar refractivity (Wildman–Crippen MR) is 68.4 cm³/mol. The first-order chi connectivity index (χ1) is 8.72. The molecule has 0 aliphatic heterocycles. The minimum Gasteiger partial charge on any atom is -0.448 e. The molecule has 1 rings (SSSR count). The van der Waals surface area contributed by atoms with Crippen LogP contribution < -0.4 is 16.0 Å². The summed E-state index contributed by atoms with van der Waals surface area (Å²) in [5, 5.41) is 8.02. The van der Waals surface area contributed by atoms with Crippen LogP contribution in [-0.2, 0) is 4.74 Å². The van der Waals surface area contributed by atoms with Crippen LogP contribution in [0.5, 0.6) is 0 Å². The van der Waals surface area contributed by atoms with Gasteiger partial charge in [0.15, 0.2) is 0 Å². The molecule has 0 aromatic rings. The van der Waals surface area contributed by atoms with Crippen LogP contribution in [0.15, 0.2) is 0 Å². The molecule has 3 amide bonds. The molecule has 0 aromatic carbocycles. The van der Waals surface area contributed by atoms with Crippen LogP contribution in [0.25, 0.3) is 0 Å². The molecule has 1 saturated carbocycles. The van der Waals surface area contributed by atoms with Crippen molar-refractivity contribution in [3.8, 4) is 0 Å². The van der Waals surface area contributed by atoms with Crippen molar-refractivity contribution in [1.29, 1.82) is 0 Å². The van der Waals surface area contributed by atoms with Crippen LogP contribution in [0, 0.1) is 0 Å². The highest BCUT2D eigenvalue weighted by Gasteiger charge is 2.15. The van der Waals surface area contributed by atoms with E-state index in [1.165, 1.54) is 19.3 Å². The molecule has 0 spiro atoms. The predicted octanol–water partition coefficient (Wildman–Crippen LogP) is 1.36. The molecule has 0 heterocycles. The average Bonchev–Trinajstić information content (AvgIpc) is 2.36. The van der Waals surface area contributed by atoms with Crippen LogP contribution in [-0.4, -0.2) is 37.9 Å². The first-order valence-electron chi connectivity index (χ1n) is 6.67. The number of carbonyl (C=O) groups is 2. The summed E-state index contributed by atoms with van der Waals surface area (Å²) in [6.45, 7) is 2.93. The molecule has 1 aliphatic carbocycles. The van der Waals surface area contributed by atoms with Gasteiger partial charge in [-0.15, -0.1) is 0 Å². The second kappa shape index (κ2) is 8.60. The number of hydrogen-bond donors (Lipinski definition) is 3. The van der Waals surface area contributed by atoms with E-state index < -0.39 is 0 Å². The lowest BCUT2D eigenvalue weighted by molar-refractivity contribution is 0.140. The van der Waals surface area contributed by atoms with Gasteiger partial charge in [0.05, 0.1) is 6.54 Å². The largest absolute Gasteiger partial charge is 0.448 e. The molecule has 3 N–H and O–H groups in total. The Morgan fingerprint density at radius 1 is 1.17 bits per heavy atom. The molecular weight excluding hydrogens is 234 g/mol. The van der Waals surface area contributed by atoms with Gasteiger partial charge >= 0.3 is 12.1 Å². The SMILES string of the molecule is CCNC(=O)NCCOC(=O)NC1CCCCC1. The van der Waals surface area contributed by atoms with E-state index >= 15 is 0 Å². The van der Waals surface area contributed by atoms with E-state index in [2.05, 4.69) is 16.0 Å². The summed E-state index contributed by atoms with van der Waals surface area (Å²) in [4.78, 5) is 22.4. The zero-order chi connectivity index (χ0) is 13.2. The van der Waals surface area contributed by atoms with Gasteiger partial charge in [0.25, 0.3) is 0 Å². The van der Waals surface area contributed by atoms with Gasteiger partial charge in [0.1, 0.15) is 6.61 Å². The molecule has 18 heavy (non-hydrogen) atoms. The minimum atomic E-state index is -0.389. The minimum absolute atomic E-state index is 0.190. The molecule has 104 valence electrons. The van der Waals surface area contributed by atoms with Crippen LogP contribution in [0.4, 0.5) is 9.59 Å². The first kappa shape index (κ1) is 14.6. The quantitative estimate of drug-likeness (QED) is 0.651. The Morgan fingerprint density at radius 2 is 1.89 bits per heavy atom. The number of hydrogen-bond acceptors (Lipinski definition) is 3. The summed E-state index contributed by atoms with van der Waals surface area (Å²) in [5.74, 6) is 0. The van der Waals surface area contributed by atoms with Crippen molar-refractivity contribution in [1.82, 2.24) is 16.0 Å². The Balaban J connectivity index is 2.01. The van der Waals surface area contributed by atoms with Crippen molar-refractivity contribution in [3.63, 3.8) is 0 Å². The fourth-order valence-corrected chi connectivity index (χ4v) is 1.99. The van der Waals surface area contributed by atoms with Gasteiger partial charge < -0.3 is 20.7 Å². The van der Waals surface area contributed by atoms with E-state index in [0.29, 0.717) is 13.1 Å². The second-order valence-corrected chi connectivity index (χ2v) is 4.40. The maximum atomic E-state index is 11.4. The lowest BCUT2D eigenvalue weighted by atomic mass is 9.96. The molecule has 0 unspecified atom stereocenters. The zero-order valence-corrected chi connectivity index (χ0v) is 11.0. The number of nitrogens with one attached hydrogen (secondary N) is 3. The number of amides is 3. The highest BCUT2D eigenvalue weighted by Crippen LogP contribution is 2.17. The van der Waals surface area contributed by atoms with Crippen molar-refractivity contribution in [2.45, 2.75) is 45.1 Å². The molecule has 0 aromatic heterocycles. The number of carbonyl (C=O) groups excluding carboxylic acids is 2. The van der Waals surface area contributed by atoms with E-state index in [1.54, 1.807) is 0 Å². The summed E-state index contributed by atoms with van der Waals surface area (Å²) in [6.07, 6.45) is 5.27. The summed E-state index contributed by atoms with van der Waals surface area (Å²) in [5.41, 5.74) is 0. The van der Waals surface area contributed by atoms with Gasteiger partial charge in [-0.3, -0.25) is 0 Å². The average molecular weight is 257 g/mol. The Bertz CT molecular complexity index is 265. The number of rotatable bonds is 5. The topological polar surface area (TPSA) is 79.5 Å². The standard InChI is InChI=1S/C12H23N3O3/c1-2-13-11(16)14-8-9-18-12(17)15-10-6-4-3-5-7-10/h10H,2-9H2,1H3,(H,15,17)(H2,13,14,16). The first-order valence-corrected chi connectivity index (χ1v) is 6.67. The highest BCUT2D eigenvalue weighted by molar-refractivity contribution is 5.73. The maximum Gasteiger partial charge on any atom is 0.407 e. The van der Waals surface area contributed by atoms with Crippen LogP contribution >= 0.6 is 0 Å². The lowest BCUT2D eigenvalue weighted by Crippen LogP contribution is -2.39. The molecule has 0 atom stereocenters. The number of ether oxygens (including phenoxy) is 1. The van der Waals surface area contributed by atoms with Crippen molar-refractivity contribution in [2.75, 3.05) is 19.7 Å². The Hall–Kier alpha value is -1.46. The van der Waals surface area contributed by atoms with Gasteiger partial charge in [-0.05, 0) is 19.8 Å². The number of urea groups is 1. The third-order valence-electron chi connectivity index (χ3n) is 2.89. The van der Waals surface area contributed by atoms with Gasteiger partial charge in [-0.1, -0.05) is 19.3 Å². The van der Waals surface area contributed by atoms with E-state index in [1.807, 2.05) is 6.92 Å². The molecular formula is C12H23N3O3. The third kappa shape index (κ3) is 6.32. The second-order valence-electron chi connectivity index (χ2n) is 4.40. The normalized spacial score (nSPS) is 15.8. The van der Waals surface area contributed by atoms with Gasteiger partial charge in [0, 0.05) is 12.6 Å². The molecule has 0 bridgehead atoms. The highest BCUT2D eigenvalue weighted by atomic mass is 16.5. The fourth-order valence-electron chi connectivity index (χ4n) is 1.99. The van der Waals surface area contributed by atoms with Gasteiger partial charge in [-0.25, -0.2) is 9.59 Å². The van der Waals surface area contributed by atoms with Crippen LogP contribution in [0.2, 0.25) is 0 Å². The van der Waals surface area contributed by atoms with E-state index in [4.69, 9.17) is 4.74 Å². The molecule has 1 fully saturated rings.